The Bertz CT molecular complexity index is 318. The molecule has 2 atom stereocenters. The highest BCUT2D eigenvalue weighted by Crippen LogP contribution is 2.37. The number of hydrogen-bond acceptors (Lipinski definition) is 3. The van der Waals surface area contributed by atoms with Crippen LogP contribution in [0.15, 0.2) is 12.2 Å². The molecular formula is C14H28O4Si. The second kappa shape index (κ2) is 7.22. The molecule has 0 aromatic rings. The van der Waals surface area contributed by atoms with Crippen LogP contribution in [0.3, 0.4) is 0 Å². The SMILES string of the molecule is C[C@H](CC[C@@H](O)/C=C/C(=O)O)O[Si](C)(C)C(C)(C)C. The van der Waals surface area contributed by atoms with Crippen LogP contribution in [-0.4, -0.2) is 36.7 Å². The van der Waals surface area contributed by atoms with E-state index < -0.39 is 20.4 Å². The smallest absolute Gasteiger partial charge is 0.328 e. The molecule has 0 heterocycles. The Labute approximate surface area is 117 Å². The molecule has 0 rings (SSSR count). The van der Waals surface area contributed by atoms with Gasteiger partial charge < -0.3 is 14.6 Å². The molecule has 0 saturated carbocycles. The van der Waals surface area contributed by atoms with Crippen molar-refractivity contribution < 1.29 is 19.4 Å². The first-order chi connectivity index (χ1) is 8.45. The van der Waals surface area contributed by atoms with Crippen molar-refractivity contribution in [2.24, 2.45) is 0 Å². The fraction of sp³-hybridized carbons (Fsp3) is 0.786. The number of hydrogen-bond donors (Lipinski definition) is 2. The Balaban J connectivity index is 4.20. The van der Waals surface area contributed by atoms with Crippen LogP contribution < -0.4 is 0 Å². The van der Waals surface area contributed by atoms with E-state index in [1.54, 1.807) is 0 Å². The number of aliphatic hydroxyl groups excluding tert-OH is 1. The van der Waals surface area contributed by atoms with E-state index in [-0.39, 0.29) is 11.1 Å². The Morgan fingerprint density at radius 3 is 2.26 bits per heavy atom. The highest BCUT2D eigenvalue weighted by molar-refractivity contribution is 6.74. The highest BCUT2D eigenvalue weighted by atomic mass is 28.4. The van der Waals surface area contributed by atoms with Crippen molar-refractivity contribution in [2.75, 3.05) is 0 Å². The molecule has 2 N–H and O–H groups in total. The van der Waals surface area contributed by atoms with E-state index in [1.807, 2.05) is 6.92 Å². The zero-order chi connectivity index (χ0) is 15.3. The summed E-state index contributed by atoms with van der Waals surface area (Å²) in [5, 5.41) is 18.2. The lowest BCUT2D eigenvalue weighted by atomic mass is 10.1. The third kappa shape index (κ3) is 7.50. The van der Waals surface area contributed by atoms with E-state index in [9.17, 15) is 9.90 Å². The zero-order valence-corrected chi connectivity index (χ0v) is 13.9. The Kier molecular flexibility index (Phi) is 6.97. The number of aliphatic hydroxyl groups is 1. The standard InChI is InChI=1S/C14H28O4Si/c1-11(18-19(5,6)14(2,3)4)7-8-12(15)9-10-13(16)17/h9-12,15H,7-8H2,1-6H3,(H,16,17)/b10-9+/t11-,12-/m1/s1. The first kappa shape index (κ1) is 18.3. The number of carboxylic acid groups (broad SMARTS) is 1. The number of carbonyl (C=O) groups is 1. The fourth-order valence-electron chi connectivity index (χ4n) is 1.43. The summed E-state index contributed by atoms with van der Waals surface area (Å²) in [6.45, 7) is 13.0. The molecule has 0 radical (unpaired) electrons. The van der Waals surface area contributed by atoms with Crippen molar-refractivity contribution in [1.82, 2.24) is 0 Å². The van der Waals surface area contributed by atoms with Gasteiger partial charge in [0.15, 0.2) is 8.32 Å². The first-order valence-corrected chi connectivity index (χ1v) is 9.63. The van der Waals surface area contributed by atoms with Crippen molar-refractivity contribution in [3.8, 4) is 0 Å². The molecular weight excluding hydrogens is 260 g/mol. The second-order valence-electron chi connectivity index (χ2n) is 6.53. The molecule has 4 nitrogen and oxygen atoms in total. The third-order valence-electron chi connectivity index (χ3n) is 3.63. The summed E-state index contributed by atoms with van der Waals surface area (Å²) < 4.78 is 6.17. The van der Waals surface area contributed by atoms with Crippen molar-refractivity contribution in [1.29, 1.82) is 0 Å². The maximum atomic E-state index is 10.3. The average molecular weight is 288 g/mol. The first-order valence-electron chi connectivity index (χ1n) is 6.72. The minimum Gasteiger partial charge on any atom is -0.478 e. The van der Waals surface area contributed by atoms with Gasteiger partial charge >= 0.3 is 5.97 Å². The summed E-state index contributed by atoms with van der Waals surface area (Å²) >= 11 is 0. The van der Waals surface area contributed by atoms with Crippen molar-refractivity contribution in [3.63, 3.8) is 0 Å². The van der Waals surface area contributed by atoms with Crippen LogP contribution in [0.4, 0.5) is 0 Å². The molecule has 5 heteroatoms. The van der Waals surface area contributed by atoms with Crippen LogP contribution in [0.1, 0.15) is 40.5 Å². The van der Waals surface area contributed by atoms with Crippen molar-refractivity contribution in [2.45, 2.75) is 70.9 Å². The van der Waals surface area contributed by atoms with Gasteiger partial charge in [-0.05, 0) is 44.0 Å². The maximum Gasteiger partial charge on any atom is 0.328 e. The number of rotatable bonds is 7. The molecule has 0 aromatic carbocycles. The van der Waals surface area contributed by atoms with Crippen LogP contribution in [0.5, 0.6) is 0 Å². The van der Waals surface area contributed by atoms with Gasteiger partial charge in [-0.25, -0.2) is 4.79 Å². The predicted octanol–water partition coefficient (Wildman–Crippen LogP) is 3.18. The van der Waals surface area contributed by atoms with E-state index >= 15 is 0 Å². The van der Waals surface area contributed by atoms with E-state index in [2.05, 4.69) is 33.9 Å². The van der Waals surface area contributed by atoms with Crippen LogP contribution in [0.25, 0.3) is 0 Å². The Morgan fingerprint density at radius 1 is 1.32 bits per heavy atom. The van der Waals surface area contributed by atoms with Gasteiger partial charge in [0.1, 0.15) is 0 Å². The van der Waals surface area contributed by atoms with Crippen molar-refractivity contribution >= 4 is 14.3 Å². The summed E-state index contributed by atoms with van der Waals surface area (Å²) in [6.07, 6.45) is 2.87. The van der Waals surface area contributed by atoms with E-state index in [0.29, 0.717) is 6.42 Å². The van der Waals surface area contributed by atoms with Gasteiger partial charge in [0.05, 0.1) is 6.10 Å². The van der Waals surface area contributed by atoms with Gasteiger partial charge in [-0.1, -0.05) is 20.8 Å². The molecule has 0 amide bonds. The average Bonchev–Trinajstić information content (AvgIpc) is 2.21. The lowest BCUT2D eigenvalue weighted by Gasteiger charge is -2.38. The third-order valence-corrected chi connectivity index (χ3v) is 8.24. The van der Waals surface area contributed by atoms with Gasteiger partial charge in [-0.2, -0.15) is 0 Å². The molecule has 0 aliphatic heterocycles. The molecule has 19 heavy (non-hydrogen) atoms. The largest absolute Gasteiger partial charge is 0.478 e. The predicted molar refractivity (Wildman–Crippen MR) is 79.8 cm³/mol. The molecule has 0 fully saturated rings. The summed E-state index contributed by atoms with van der Waals surface area (Å²) in [5.41, 5.74) is 0. The van der Waals surface area contributed by atoms with E-state index in [4.69, 9.17) is 9.53 Å². The molecule has 0 aliphatic carbocycles. The summed E-state index contributed by atoms with van der Waals surface area (Å²) in [5.74, 6) is -1.04. The minimum atomic E-state index is -1.77. The normalized spacial score (nSPS) is 16.6. The topological polar surface area (TPSA) is 66.8 Å². The van der Waals surface area contributed by atoms with Crippen LogP contribution >= 0.6 is 0 Å². The summed E-state index contributed by atoms with van der Waals surface area (Å²) in [6, 6.07) is 0. The maximum absolute atomic E-state index is 10.3. The molecule has 0 bridgehead atoms. The Morgan fingerprint density at radius 2 is 1.84 bits per heavy atom. The molecule has 0 aliphatic rings. The molecule has 112 valence electrons. The van der Waals surface area contributed by atoms with E-state index in [1.165, 1.54) is 6.08 Å². The number of aliphatic carboxylic acids is 1. The van der Waals surface area contributed by atoms with Gasteiger partial charge in [0.2, 0.25) is 0 Å². The van der Waals surface area contributed by atoms with Crippen LogP contribution in [0, 0.1) is 0 Å². The lowest BCUT2D eigenvalue weighted by Crippen LogP contribution is -2.43. The van der Waals surface area contributed by atoms with Crippen LogP contribution in [0.2, 0.25) is 18.1 Å². The van der Waals surface area contributed by atoms with Gasteiger partial charge in [0, 0.05) is 12.2 Å². The number of carboxylic acids is 1. The van der Waals surface area contributed by atoms with Gasteiger partial charge in [0.25, 0.3) is 0 Å². The van der Waals surface area contributed by atoms with Crippen LogP contribution in [-0.2, 0) is 9.22 Å². The molecule has 0 spiro atoms. The monoisotopic (exact) mass is 288 g/mol. The van der Waals surface area contributed by atoms with E-state index in [0.717, 1.165) is 12.5 Å². The quantitative estimate of drug-likeness (QED) is 0.558. The highest BCUT2D eigenvalue weighted by Gasteiger charge is 2.38. The molecule has 0 unspecified atom stereocenters. The van der Waals surface area contributed by atoms with Crippen molar-refractivity contribution in [3.05, 3.63) is 12.2 Å². The van der Waals surface area contributed by atoms with Gasteiger partial charge in [-0.15, -0.1) is 0 Å². The molecule has 0 aromatic heterocycles. The lowest BCUT2D eigenvalue weighted by molar-refractivity contribution is -0.131. The zero-order valence-electron chi connectivity index (χ0n) is 12.9. The second-order valence-corrected chi connectivity index (χ2v) is 11.3. The minimum absolute atomic E-state index is 0.0776. The summed E-state index contributed by atoms with van der Waals surface area (Å²) in [7, 11) is -1.77. The summed E-state index contributed by atoms with van der Waals surface area (Å²) in [4.78, 5) is 10.3. The fourth-order valence-corrected chi connectivity index (χ4v) is 2.91. The molecule has 0 saturated heterocycles. The van der Waals surface area contributed by atoms with Gasteiger partial charge in [-0.3, -0.25) is 0 Å². The Hall–Kier alpha value is -0.653.